The molecule has 0 spiro atoms. The fourth-order valence-corrected chi connectivity index (χ4v) is 3.41. The van der Waals surface area contributed by atoms with Gasteiger partial charge in [0.05, 0.1) is 18.2 Å². The highest BCUT2D eigenvalue weighted by atomic mass is 32.2. The van der Waals surface area contributed by atoms with E-state index in [-0.39, 0.29) is 5.75 Å². The van der Waals surface area contributed by atoms with Gasteiger partial charge in [0.1, 0.15) is 11.8 Å². The monoisotopic (exact) mass is 361 g/mol. The lowest BCUT2D eigenvalue weighted by molar-refractivity contribution is -0.121. The number of nitrogens with zero attached hydrogens (tertiary/aromatic N) is 2. The standard InChI is InChI=1S/C17H19N3O4S/c1-13(20(25(2,23)24)15-9-4-3-5-10-15)17(22)19-18-12-14-8-6-7-11-16(14)21/h3-13,21H,1-2H3,(H,19,22)/b18-12-/t13-/m0/s1. The maximum Gasteiger partial charge on any atom is 0.263 e. The van der Waals surface area contributed by atoms with Gasteiger partial charge in [-0.3, -0.25) is 9.10 Å². The summed E-state index contributed by atoms with van der Waals surface area (Å²) in [6.45, 7) is 1.47. The number of carbonyl (C=O) groups excluding carboxylic acids is 1. The van der Waals surface area contributed by atoms with Crippen molar-refractivity contribution in [2.75, 3.05) is 10.6 Å². The molecule has 132 valence electrons. The van der Waals surface area contributed by atoms with Crippen LogP contribution in [0.25, 0.3) is 0 Å². The van der Waals surface area contributed by atoms with Crippen molar-refractivity contribution < 1.29 is 18.3 Å². The molecule has 2 rings (SSSR count). The predicted molar refractivity (Wildman–Crippen MR) is 97.1 cm³/mol. The summed E-state index contributed by atoms with van der Waals surface area (Å²) in [6, 6.07) is 13.8. The van der Waals surface area contributed by atoms with Crippen molar-refractivity contribution in [1.29, 1.82) is 0 Å². The Morgan fingerprint density at radius 2 is 1.76 bits per heavy atom. The van der Waals surface area contributed by atoms with Crippen molar-refractivity contribution >= 4 is 27.8 Å². The summed E-state index contributed by atoms with van der Waals surface area (Å²) in [5.41, 5.74) is 3.11. The van der Waals surface area contributed by atoms with Crippen LogP contribution in [0.2, 0.25) is 0 Å². The van der Waals surface area contributed by atoms with Crippen LogP contribution in [-0.4, -0.2) is 37.9 Å². The van der Waals surface area contributed by atoms with E-state index in [0.29, 0.717) is 11.3 Å². The number of rotatable bonds is 6. The predicted octanol–water partition coefficient (Wildman–Crippen LogP) is 1.70. The van der Waals surface area contributed by atoms with Gasteiger partial charge in [-0.05, 0) is 31.2 Å². The number of hydrogen-bond acceptors (Lipinski definition) is 5. The van der Waals surface area contributed by atoms with Gasteiger partial charge in [-0.1, -0.05) is 30.3 Å². The molecule has 1 amide bonds. The molecular weight excluding hydrogens is 342 g/mol. The van der Waals surface area contributed by atoms with Gasteiger partial charge in [0.15, 0.2) is 0 Å². The summed E-state index contributed by atoms with van der Waals surface area (Å²) in [4.78, 5) is 12.3. The fourth-order valence-electron chi connectivity index (χ4n) is 2.24. The molecule has 0 aromatic heterocycles. The molecule has 0 bridgehead atoms. The summed E-state index contributed by atoms with van der Waals surface area (Å²) in [6.07, 6.45) is 2.32. The molecule has 0 radical (unpaired) electrons. The highest BCUT2D eigenvalue weighted by Gasteiger charge is 2.28. The van der Waals surface area contributed by atoms with Gasteiger partial charge in [0.25, 0.3) is 5.91 Å². The second-order valence-corrected chi connectivity index (χ2v) is 7.22. The maximum absolute atomic E-state index is 12.3. The van der Waals surface area contributed by atoms with Crippen LogP contribution < -0.4 is 9.73 Å². The first kappa shape index (κ1) is 18.5. The number of benzene rings is 2. The zero-order chi connectivity index (χ0) is 18.4. The van der Waals surface area contributed by atoms with Crippen LogP contribution in [0.3, 0.4) is 0 Å². The second-order valence-electron chi connectivity index (χ2n) is 5.36. The molecule has 0 aliphatic carbocycles. The van der Waals surface area contributed by atoms with E-state index < -0.39 is 22.0 Å². The molecule has 2 aromatic rings. The summed E-state index contributed by atoms with van der Waals surface area (Å²) < 4.78 is 25.2. The van der Waals surface area contributed by atoms with Crippen molar-refractivity contribution in [3.8, 4) is 5.75 Å². The van der Waals surface area contributed by atoms with E-state index in [2.05, 4.69) is 10.5 Å². The lowest BCUT2D eigenvalue weighted by Crippen LogP contribution is -2.46. The van der Waals surface area contributed by atoms with E-state index in [1.807, 2.05) is 0 Å². The number of hydrazone groups is 1. The number of hydrogen-bond donors (Lipinski definition) is 2. The third kappa shape index (κ3) is 4.80. The molecule has 0 fully saturated rings. The molecule has 0 aliphatic rings. The lowest BCUT2D eigenvalue weighted by atomic mass is 10.2. The van der Waals surface area contributed by atoms with Crippen molar-refractivity contribution in [3.63, 3.8) is 0 Å². The number of phenolic OH excluding ortho intramolecular Hbond substituents is 1. The van der Waals surface area contributed by atoms with Crippen LogP contribution in [0.5, 0.6) is 5.75 Å². The normalized spacial score (nSPS) is 12.7. The highest BCUT2D eigenvalue weighted by molar-refractivity contribution is 7.92. The quantitative estimate of drug-likeness (QED) is 0.604. The van der Waals surface area contributed by atoms with E-state index in [9.17, 15) is 18.3 Å². The highest BCUT2D eigenvalue weighted by Crippen LogP contribution is 2.20. The molecule has 8 heteroatoms. The topological polar surface area (TPSA) is 99.1 Å². The number of para-hydroxylation sites is 2. The largest absolute Gasteiger partial charge is 0.507 e. The minimum absolute atomic E-state index is 0.0237. The number of nitrogens with one attached hydrogen (secondary N) is 1. The number of amides is 1. The summed E-state index contributed by atoms with van der Waals surface area (Å²) in [7, 11) is -3.67. The molecule has 1 atom stereocenters. The fraction of sp³-hybridized carbons (Fsp3) is 0.176. The maximum atomic E-state index is 12.3. The van der Waals surface area contributed by atoms with E-state index in [0.717, 1.165) is 10.6 Å². The number of carbonyl (C=O) groups is 1. The third-order valence-corrected chi connectivity index (χ3v) is 4.66. The molecule has 0 saturated heterocycles. The van der Waals surface area contributed by atoms with Gasteiger partial charge in [0, 0.05) is 5.56 Å². The number of sulfonamides is 1. The van der Waals surface area contributed by atoms with Gasteiger partial charge in [-0.2, -0.15) is 5.10 Å². The van der Waals surface area contributed by atoms with Crippen molar-refractivity contribution in [1.82, 2.24) is 5.43 Å². The Morgan fingerprint density at radius 3 is 2.36 bits per heavy atom. The molecule has 0 unspecified atom stereocenters. The van der Waals surface area contributed by atoms with Crippen LogP contribution in [0.15, 0.2) is 59.7 Å². The summed E-state index contributed by atoms with van der Waals surface area (Å²) in [5, 5.41) is 13.4. The third-order valence-electron chi connectivity index (χ3n) is 3.41. The second kappa shape index (κ2) is 7.80. The number of phenols is 1. The molecule has 7 nitrogen and oxygen atoms in total. The smallest absolute Gasteiger partial charge is 0.263 e. The number of anilines is 1. The number of aromatic hydroxyl groups is 1. The molecule has 0 aliphatic heterocycles. The lowest BCUT2D eigenvalue weighted by Gasteiger charge is -2.27. The molecular formula is C17H19N3O4S. The Hall–Kier alpha value is -2.87. The molecule has 0 saturated carbocycles. The van der Waals surface area contributed by atoms with Gasteiger partial charge >= 0.3 is 0 Å². The average molecular weight is 361 g/mol. The zero-order valence-electron chi connectivity index (χ0n) is 13.8. The zero-order valence-corrected chi connectivity index (χ0v) is 14.6. The van der Waals surface area contributed by atoms with Crippen molar-refractivity contribution in [2.45, 2.75) is 13.0 Å². The average Bonchev–Trinajstić information content (AvgIpc) is 2.56. The Bertz CT molecular complexity index is 866. The summed E-state index contributed by atoms with van der Waals surface area (Å²) >= 11 is 0. The molecule has 25 heavy (non-hydrogen) atoms. The Labute approximate surface area is 146 Å². The van der Waals surface area contributed by atoms with Gasteiger partial charge < -0.3 is 5.11 Å². The molecule has 2 aromatic carbocycles. The van der Waals surface area contributed by atoms with Gasteiger partial charge in [-0.25, -0.2) is 13.8 Å². The molecule has 2 N–H and O–H groups in total. The Morgan fingerprint density at radius 1 is 1.16 bits per heavy atom. The van der Waals surface area contributed by atoms with Gasteiger partial charge in [-0.15, -0.1) is 0 Å². The van der Waals surface area contributed by atoms with Crippen LogP contribution in [0, 0.1) is 0 Å². The van der Waals surface area contributed by atoms with E-state index in [1.54, 1.807) is 48.5 Å². The Balaban J connectivity index is 2.15. The van der Waals surface area contributed by atoms with Gasteiger partial charge in [0.2, 0.25) is 10.0 Å². The Kier molecular flexibility index (Phi) is 5.76. The summed E-state index contributed by atoms with van der Waals surface area (Å²) in [5.74, 6) is -0.573. The van der Waals surface area contributed by atoms with E-state index in [4.69, 9.17) is 0 Å². The van der Waals surface area contributed by atoms with Crippen LogP contribution in [0.1, 0.15) is 12.5 Å². The van der Waals surface area contributed by atoms with Crippen LogP contribution in [-0.2, 0) is 14.8 Å². The first-order valence-corrected chi connectivity index (χ1v) is 9.31. The SMILES string of the molecule is C[C@@H](C(=O)N/N=C\c1ccccc1O)N(c1ccccc1)S(C)(=O)=O. The van der Waals surface area contributed by atoms with E-state index in [1.165, 1.54) is 19.2 Å². The van der Waals surface area contributed by atoms with Crippen LogP contribution in [0.4, 0.5) is 5.69 Å². The van der Waals surface area contributed by atoms with Crippen molar-refractivity contribution in [3.05, 3.63) is 60.2 Å². The van der Waals surface area contributed by atoms with Crippen molar-refractivity contribution in [2.24, 2.45) is 5.10 Å². The minimum atomic E-state index is -3.67. The van der Waals surface area contributed by atoms with E-state index >= 15 is 0 Å². The molecule has 0 heterocycles. The first-order valence-electron chi connectivity index (χ1n) is 7.46. The van der Waals surface area contributed by atoms with Crippen LogP contribution >= 0.6 is 0 Å². The first-order chi connectivity index (χ1) is 11.8. The minimum Gasteiger partial charge on any atom is -0.507 e.